The number of hydrogen-bond acceptors (Lipinski definition) is 4. The molecule has 0 unspecified atom stereocenters. The van der Waals surface area contributed by atoms with Crippen LogP contribution in [0.15, 0.2) is 45.3 Å². The van der Waals surface area contributed by atoms with Crippen molar-refractivity contribution in [2.24, 2.45) is 4.99 Å². The molecule has 0 saturated carbocycles. The van der Waals surface area contributed by atoms with Crippen LogP contribution in [0.4, 0.5) is 0 Å². The fourth-order valence-corrected chi connectivity index (χ4v) is 3.19. The quantitative estimate of drug-likeness (QED) is 0.389. The fraction of sp³-hybridized carbons (Fsp3) is 0.471. The smallest absolute Gasteiger partial charge is 0.191 e. The molecule has 0 saturated heterocycles. The number of nitrogens with one attached hydrogen (secondary N) is 2. The molecule has 2 aromatic rings. The molecule has 4 nitrogen and oxygen atoms in total. The third-order valence-corrected chi connectivity index (χ3v) is 4.84. The van der Waals surface area contributed by atoms with Crippen molar-refractivity contribution in [2.45, 2.75) is 25.8 Å². The molecule has 0 amide bonds. The molecular formula is C17H25N3OS2. The van der Waals surface area contributed by atoms with Crippen molar-refractivity contribution in [3.8, 4) is 0 Å². The van der Waals surface area contributed by atoms with E-state index < -0.39 is 0 Å². The second-order valence-corrected chi connectivity index (χ2v) is 7.14. The lowest BCUT2D eigenvalue weighted by Gasteiger charge is -2.12. The minimum atomic E-state index is 0.721. The van der Waals surface area contributed by atoms with Gasteiger partial charge in [0.2, 0.25) is 0 Å². The van der Waals surface area contributed by atoms with Crippen LogP contribution in [0.25, 0.3) is 0 Å². The number of guanidine groups is 1. The van der Waals surface area contributed by atoms with Gasteiger partial charge in [-0.25, -0.2) is 4.99 Å². The summed E-state index contributed by atoms with van der Waals surface area (Å²) in [5, 5.41) is 8.90. The zero-order chi connectivity index (χ0) is 16.2. The number of rotatable bonds is 10. The van der Waals surface area contributed by atoms with E-state index in [2.05, 4.69) is 39.4 Å². The summed E-state index contributed by atoms with van der Waals surface area (Å²) in [4.78, 5) is 5.95. The van der Waals surface area contributed by atoms with Crippen LogP contribution in [0, 0.1) is 0 Å². The van der Waals surface area contributed by atoms with Crippen molar-refractivity contribution in [1.82, 2.24) is 10.6 Å². The first-order valence-electron chi connectivity index (χ1n) is 7.94. The zero-order valence-corrected chi connectivity index (χ0v) is 15.2. The molecule has 23 heavy (non-hydrogen) atoms. The zero-order valence-electron chi connectivity index (χ0n) is 13.6. The largest absolute Gasteiger partial charge is 0.469 e. The van der Waals surface area contributed by atoms with Crippen LogP contribution in [0.2, 0.25) is 0 Å². The van der Waals surface area contributed by atoms with Crippen molar-refractivity contribution < 1.29 is 4.42 Å². The lowest BCUT2D eigenvalue weighted by molar-refractivity contribution is 0.506. The molecule has 0 aliphatic rings. The third-order valence-electron chi connectivity index (χ3n) is 3.28. The number of thioether (sulfide) groups is 1. The summed E-state index contributed by atoms with van der Waals surface area (Å²) in [6, 6.07) is 8.10. The lowest BCUT2D eigenvalue weighted by atomic mass is 10.3. The Kier molecular flexibility index (Phi) is 8.73. The number of aliphatic imine (C=N–C) groups is 1. The van der Waals surface area contributed by atoms with E-state index >= 15 is 0 Å². The molecular weight excluding hydrogens is 326 g/mol. The van der Waals surface area contributed by atoms with Gasteiger partial charge in [-0.1, -0.05) is 6.07 Å². The van der Waals surface area contributed by atoms with Gasteiger partial charge < -0.3 is 15.1 Å². The van der Waals surface area contributed by atoms with Crippen LogP contribution >= 0.6 is 23.1 Å². The Morgan fingerprint density at radius 2 is 2.13 bits per heavy atom. The summed E-state index contributed by atoms with van der Waals surface area (Å²) in [5.41, 5.74) is 0. The second-order valence-electron chi connectivity index (χ2n) is 5.13. The molecule has 0 bridgehead atoms. The number of unbranched alkanes of at least 4 members (excludes halogenated alkanes) is 1. The SMILES string of the molecule is CSCCCCNC(=NCc1cccs1)NCCc1ccco1. The Labute approximate surface area is 146 Å². The molecule has 0 fully saturated rings. The molecule has 0 atom stereocenters. The Balaban J connectivity index is 1.76. The van der Waals surface area contributed by atoms with Gasteiger partial charge in [0.15, 0.2) is 5.96 Å². The fourth-order valence-electron chi connectivity index (χ4n) is 2.07. The molecule has 6 heteroatoms. The first-order chi connectivity index (χ1) is 11.4. The predicted octanol–water partition coefficient (Wildman–Crippen LogP) is 3.76. The van der Waals surface area contributed by atoms with Crippen LogP contribution in [0.5, 0.6) is 0 Å². The standard InChI is InChI=1S/C17H25N3OS2/c1-22-12-3-2-9-18-17(20-14-16-7-5-13-23-16)19-10-8-15-6-4-11-21-15/h4-7,11,13H,2-3,8-10,12,14H2,1H3,(H2,18,19,20). The van der Waals surface area contributed by atoms with Crippen LogP contribution in [0.3, 0.4) is 0 Å². The number of furan rings is 1. The summed E-state index contributed by atoms with van der Waals surface area (Å²) < 4.78 is 5.36. The summed E-state index contributed by atoms with van der Waals surface area (Å²) >= 11 is 3.64. The van der Waals surface area contributed by atoms with E-state index in [1.807, 2.05) is 23.9 Å². The average molecular weight is 352 g/mol. The maximum atomic E-state index is 5.36. The average Bonchev–Trinajstić information content (AvgIpc) is 3.25. The Morgan fingerprint density at radius 3 is 2.87 bits per heavy atom. The van der Waals surface area contributed by atoms with Gasteiger partial charge in [-0.15, -0.1) is 11.3 Å². The van der Waals surface area contributed by atoms with Crippen molar-refractivity contribution in [1.29, 1.82) is 0 Å². The van der Waals surface area contributed by atoms with Crippen LogP contribution in [0.1, 0.15) is 23.5 Å². The minimum Gasteiger partial charge on any atom is -0.469 e. The summed E-state index contributed by atoms with van der Waals surface area (Å²) in [6.07, 6.45) is 7.12. The highest BCUT2D eigenvalue weighted by molar-refractivity contribution is 7.98. The molecule has 0 spiro atoms. The molecule has 0 aliphatic heterocycles. The molecule has 0 aromatic carbocycles. The number of hydrogen-bond donors (Lipinski definition) is 2. The highest BCUT2D eigenvalue weighted by Crippen LogP contribution is 2.09. The summed E-state index contributed by atoms with van der Waals surface area (Å²) in [5.74, 6) is 3.10. The summed E-state index contributed by atoms with van der Waals surface area (Å²) in [7, 11) is 0. The second kappa shape index (κ2) is 11.2. The number of thiophene rings is 1. The van der Waals surface area contributed by atoms with Crippen LogP contribution < -0.4 is 10.6 Å². The van der Waals surface area contributed by atoms with E-state index in [1.165, 1.54) is 23.5 Å². The molecule has 126 valence electrons. The number of nitrogens with zero attached hydrogens (tertiary/aromatic N) is 1. The van der Waals surface area contributed by atoms with Crippen LogP contribution in [-0.4, -0.2) is 31.1 Å². The minimum absolute atomic E-state index is 0.721. The van der Waals surface area contributed by atoms with E-state index in [9.17, 15) is 0 Å². The Morgan fingerprint density at radius 1 is 1.22 bits per heavy atom. The third kappa shape index (κ3) is 7.61. The van der Waals surface area contributed by atoms with E-state index in [-0.39, 0.29) is 0 Å². The molecule has 0 radical (unpaired) electrons. The van der Waals surface area contributed by atoms with Gasteiger partial charge in [-0.2, -0.15) is 11.8 Å². The van der Waals surface area contributed by atoms with Gasteiger partial charge in [0.1, 0.15) is 5.76 Å². The molecule has 2 heterocycles. The lowest BCUT2D eigenvalue weighted by Crippen LogP contribution is -2.39. The maximum Gasteiger partial charge on any atom is 0.191 e. The van der Waals surface area contributed by atoms with E-state index in [0.717, 1.165) is 37.8 Å². The van der Waals surface area contributed by atoms with Crippen molar-refractivity contribution in [3.05, 3.63) is 46.5 Å². The van der Waals surface area contributed by atoms with Gasteiger partial charge in [0.25, 0.3) is 0 Å². The topological polar surface area (TPSA) is 49.6 Å². The van der Waals surface area contributed by atoms with Crippen LogP contribution in [-0.2, 0) is 13.0 Å². The summed E-state index contributed by atoms with van der Waals surface area (Å²) in [6.45, 7) is 2.49. The van der Waals surface area contributed by atoms with E-state index in [0.29, 0.717) is 0 Å². The van der Waals surface area contributed by atoms with Gasteiger partial charge in [-0.05, 0) is 48.4 Å². The monoisotopic (exact) mass is 351 g/mol. The van der Waals surface area contributed by atoms with Crippen molar-refractivity contribution in [2.75, 3.05) is 25.1 Å². The Hall–Kier alpha value is -1.40. The normalized spacial score (nSPS) is 11.6. The molecule has 0 aliphatic carbocycles. The molecule has 2 rings (SSSR count). The van der Waals surface area contributed by atoms with Gasteiger partial charge >= 0.3 is 0 Å². The first kappa shape index (κ1) is 17.9. The Bertz CT molecular complexity index is 538. The predicted molar refractivity (Wildman–Crippen MR) is 101 cm³/mol. The van der Waals surface area contributed by atoms with Crippen molar-refractivity contribution in [3.63, 3.8) is 0 Å². The highest BCUT2D eigenvalue weighted by Gasteiger charge is 2.01. The highest BCUT2D eigenvalue weighted by atomic mass is 32.2. The van der Waals surface area contributed by atoms with Crippen molar-refractivity contribution >= 4 is 29.1 Å². The first-order valence-corrected chi connectivity index (χ1v) is 10.2. The molecule has 2 aromatic heterocycles. The van der Waals surface area contributed by atoms with E-state index in [4.69, 9.17) is 4.42 Å². The molecule has 2 N–H and O–H groups in total. The van der Waals surface area contributed by atoms with Gasteiger partial charge in [0.05, 0.1) is 12.8 Å². The van der Waals surface area contributed by atoms with Gasteiger partial charge in [-0.3, -0.25) is 0 Å². The van der Waals surface area contributed by atoms with Gasteiger partial charge in [0, 0.05) is 24.4 Å². The van der Waals surface area contributed by atoms with E-state index in [1.54, 1.807) is 17.6 Å². The maximum absolute atomic E-state index is 5.36.